The van der Waals surface area contributed by atoms with Crippen LogP contribution < -0.4 is 11.0 Å². The Labute approximate surface area is 85.2 Å². The van der Waals surface area contributed by atoms with E-state index in [0.29, 0.717) is 18.4 Å². The molecule has 0 spiro atoms. The van der Waals surface area contributed by atoms with Gasteiger partial charge in [0.25, 0.3) is 0 Å². The Kier molecular flexibility index (Phi) is 2.44. The van der Waals surface area contributed by atoms with Crippen LogP contribution >= 0.6 is 0 Å². The zero-order valence-corrected chi connectivity index (χ0v) is 8.14. The summed E-state index contributed by atoms with van der Waals surface area (Å²) in [6.45, 7) is 2.59. The molecule has 0 bridgehead atoms. The van der Waals surface area contributed by atoms with E-state index in [2.05, 4.69) is 25.3 Å². The van der Waals surface area contributed by atoms with E-state index >= 15 is 0 Å². The summed E-state index contributed by atoms with van der Waals surface area (Å²) in [6, 6.07) is 0. The molecule has 2 aromatic rings. The van der Waals surface area contributed by atoms with E-state index in [4.69, 9.17) is 0 Å². The molecule has 7 heteroatoms. The second-order valence-electron chi connectivity index (χ2n) is 2.80. The van der Waals surface area contributed by atoms with Crippen LogP contribution in [-0.4, -0.2) is 31.0 Å². The highest BCUT2D eigenvalue weighted by Gasteiger charge is 2.02. The largest absolute Gasteiger partial charge is 0.356 e. The van der Waals surface area contributed by atoms with Gasteiger partial charge < -0.3 is 5.32 Å². The first-order valence-corrected chi connectivity index (χ1v) is 4.50. The molecule has 0 saturated heterocycles. The maximum Gasteiger partial charge on any atom is 0.351 e. The minimum Gasteiger partial charge on any atom is -0.356 e. The summed E-state index contributed by atoms with van der Waals surface area (Å²) in [4.78, 5) is 25.4. The van der Waals surface area contributed by atoms with Crippen molar-refractivity contribution >= 4 is 5.95 Å². The molecule has 0 radical (unpaired) electrons. The van der Waals surface area contributed by atoms with Crippen molar-refractivity contribution in [1.29, 1.82) is 0 Å². The smallest absolute Gasteiger partial charge is 0.351 e. The topological polar surface area (TPSA) is 88.5 Å². The molecule has 2 rings (SSSR count). The Morgan fingerprint density at radius 3 is 3.07 bits per heavy atom. The Balaban J connectivity index is 2.44. The van der Waals surface area contributed by atoms with E-state index in [1.54, 1.807) is 17.0 Å². The first kappa shape index (κ1) is 9.38. The second kappa shape index (κ2) is 3.91. The highest BCUT2D eigenvalue weighted by Crippen LogP contribution is 1.99. The number of imidazole rings is 1. The summed E-state index contributed by atoms with van der Waals surface area (Å²) >= 11 is 0. The lowest BCUT2D eigenvalue weighted by atomic mass is 10.7. The van der Waals surface area contributed by atoms with E-state index in [9.17, 15) is 4.79 Å². The Morgan fingerprint density at radius 1 is 1.53 bits per heavy atom. The molecular weight excluding hydrogens is 196 g/mol. The molecule has 2 aromatic heterocycles. The van der Waals surface area contributed by atoms with Gasteiger partial charge in [-0.2, -0.15) is 9.97 Å². The molecule has 0 aliphatic heterocycles. The zero-order valence-electron chi connectivity index (χ0n) is 8.14. The molecule has 2 N–H and O–H groups in total. The van der Waals surface area contributed by atoms with Crippen LogP contribution in [0.15, 0.2) is 23.5 Å². The summed E-state index contributed by atoms with van der Waals surface area (Å²) in [6.07, 6.45) is 4.80. The van der Waals surface area contributed by atoms with Gasteiger partial charge in [0, 0.05) is 18.9 Å². The lowest BCUT2D eigenvalue weighted by Gasteiger charge is -2.03. The Bertz CT molecular complexity index is 488. The number of H-pyrrole nitrogens is 1. The fourth-order valence-electron chi connectivity index (χ4n) is 1.12. The minimum absolute atomic E-state index is 0.298. The maximum absolute atomic E-state index is 11.2. The molecule has 78 valence electrons. The maximum atomic E-state index is 11.2. The summed E-state index contributed by atoms with van der Waals surface area (Å²) in [5, 5.41) is 2.91. The van der Waals surface area contributed by atoms with E-state index in [0.717, 1.165) is 0 Å². The van der Waals surface area contributed by atoms with Crippen molar-refractivity contribution in [2.45, 2.75) is 6.92 Å². The van der Waals surface area contributed by atoms with Gasteiger partial charge in [0.2, 0.25) is 11.9 Å². The fourth-order valence-corrected chi connectivity index (χ4v) is 1.12. The van der Waals surface area contributed by atoms with Gasteiger partial charge in [0.05, 0.1) is 0 Å². The first-order valence-electron chi connectivity index (χ1n) is 4.50. The molecular formula is C8H10N6O. The van der Waals surface area contributed by atoms with Crippen LogP contribution in [-0.2, 0) is 0 Å². The molecule has 7 nitrogen and oxygen atoms in total. The van der Waals surface area contributed by atoms with Crippen molar-refractivity contribution in [2.24, 2.45) is 0 Å². The first-order chi connectivity index (χ1) is 7.29. The number of nitrogens with one attached hydrogen (secondary N) is 2. The highest BCUT2D eigenvalue weighted by atomic mass is 16.1. The van der Waals surface area contributed by atoms with Crippen molar-refractivity contribution in [1.82, 2.24) is 24.5 Å². The molecule has 0 amide bonds. The number of hydrogen-bond donors (Lipinski definition) is 2. The van der Waals surface area contributed by atoms with E-state index in [1.807, 2.05) is 6.92 Å². The van der Waals surface area contributed by atoms with Crippen molar-refractivity contribution in [3.8, 4) is 5.95 Å². The van der Waals surface area contributed by atoms with Crippen molar-refractivity contribution in [2.75, 3.05) is 11.9 Å². The van der Waals surface area contributed by atoms with Crippen LogP contribution in [0.25, 0.3) is 5.95 Å². The number of hydrogen-bond acceptors (Lipinski definition) is 5. The summed E-state index contributed by atoms with van der Waals surface area (Å²) in [7, 11) is 0. The predicted octanol–water partition coefficient (Wildman–Crippen LogP) is -0.218. The number of anilines is 1. The quantitative estimate of drug-likeness (QED) is 0.725. The molecule has 0 fully saturated rings. The van der Waals surface area contributed by atoms with Crippen LogP contribution in [0.4, 0.5) is 5.95 Å². The van der Waals surface area contributed by atoms with Crippen LogP contribution in [0.1, 0.15) is 6.92 Å². The second-order valence-corrected chi connectivity index (χ2v) is 2.80. The van der Waals surface area contributed by atoms with Gasteiger partial charge in [-0.05, 0) is 6.92 Å². The van der Waals surface area contributed by atoms with Gasteiger partial charge in [-0.1, -0.05) is 0 Å². The SMILES string of the molecule is CCNc1nc(-n2ccnc2)nc(=O)[nH]1. The molecule has 0 unspecified atom stereocenters. The molecule has 0 saturated carbocycles. The van der Waals surface area contributed by atoms with Crippen LogP contribution in [0.3, 0.4) is 0 Å². The van der Waals surface area contributed by atoms with Crippen LogP contribution in [0, 0.1) is 0 Å². The average Bonchev–Trinajstić information content (AvgIpc) is 2.70. The molecule has 0 aromatic carbocycles. The fraction of sp³-hybridized carbons (Fsp3) is 0.250. The monoisotopic (exact) mass is 206 g/mol. The number of aromatic amines is 1. The molecule has 15 heavy (non-hydrogen) atoms. The third kappa shape index (κ3) is 2.01. The summed E-state index contributed by atoms with van der Waals surface area (Å²) in [5.74, 6) is 0.702. The third-order valence-electron chi connectivity index (χ3n) is 1.72. The number of aromatic nitrogens is 5. The zero-order chi connectivity index (χ0) is 10.7. The lowest BCUT2D eigenvalue weighted by Crippen LogP contribution is -2.18. The highest BCUT2D eigenvalue weighted by molar-refractivity contribution is 5.26. The standard InChI is InChI=1S/C8H10N6O/c1-2-10-6-11-7(13-8(15)12-6)14-4-3-9-5-14/h3-5H,2H2,1H3,(H2,10,11,12,13,15). The van der Waals surface area contributed by atoms with Crippen LogP contribution in [0.2, 0.25) is 0 Å². The van der Waals surface area contributed by atoms with E-state index in [-0.39, 0.29) is 0 Å². The van der Waals surface area contributed by atoms with Crippen LogP contribution in [0.5, 0.6) is 0 Å². The third-order valence-corrected chi connectivity index (χ3v) is 1.72. The molecule has 0 aliphatic rings. The predicted molar refractivity (Wildman–Crippen MR) is 53.9 cm³/mol. The lowest BCUT2D eigenvalue weighted by molar-refractivity contribution is 0.866. The van der Waals surface area contributed by atoms with Crippen molar-refractivity contribution in [3.05, 3.63) is 29.2 Å². The average molecular weight is 206 g/mol. The van der Waals surface area contributed by atoms with Gasteiger partial charge in [0.15, 0.2) is 0 Å². The molecule has 0 atom stereocenters. The van der Waals surface area contributed by atoms with Gasteiger partial charge in [-0.25, -0.2) is 9.78 Å². The normalized spacial score (nSPS) is 10.2. The Morgan fingerprint density at radius 2 is 2.40 bits per heavy atom. The number of nitrogens with zero attached hydrogens (tertiary/aromatic N) is 4. The van der Waals surface area contributed by atoms with Crippen molar-refractivity contribution in [3.63, 3.8) is 0 Å². The van der Waals surface area contributed by atoms with E-state index in [1.165, 1.54) is 6.33 Å². The van der Waals surface area contributed by atoms with Gasteiger partial charge in [-0.3, -0.25) is 9.55 Å². The van der Waals surface area contributed by atoms with Gasteiger partial charge in [-0.15, -0.1) is 0 Å². The summed E-state index contributed by atoms with van der Waals surface area (Å²) in [5.41, 5.74) is -0.440. The minimum atomic E-state index is -0.440. The van der Waals surface area contributed by atoms with Gasteiger partial charge >= 0.3 is 5.69 Å². The molecule has 2 heterocycles. The summed E-state index contributed by atoms with van der Waals surface area (Å²) < 4.78 is 1.57. The molecule has 0 aliphatic carbocycles. The van der Waals surface area contributed by atoms with Gasteiger partial charge in [0.1, 0.15) is 6.33 Å². The van der Waals surface area contributed by atoms with E-state index < -0.39 is 5.69 Å². The van der Waals surface area contributed by atoms with Crippen molar-refractivity contribution < 1.29 is 0 Å². The Hall–Kier alpha value is -2.18. The number of rotatable bonds is 3.